The van der Waals surface area contributed by atoms with Crippen LogP contribution in [0.4, 0.5) is 5.69 Å². The molecule has 0 saturated heterocycles. The molecule has 156 valence electrons. The summed E-state index contributed by atoms with van der Waals surface area (Å²) in [4.78, 5) is 36.3. The predicted octanol–water partition coefficient (Wildman–Crippen LogP) is 3.42. The van der Waals surface area contributed by atoms with Crippen LogP contribution in [0.25, 0.3) is 6.08 Å². The molecular formula is C24H21N3O4. The molecule has 0 aromatic heterocycles. The molecule has 7 nitrogen and oxygen atoms in total. The molecule has 0 aliphatic carbocycles. The molecule has 0 saturated carbocycles. The van der Waals surface area contributed by atoms with Crippen molar-refractivity contribution in [3.8, 4) is 5.75 Å². The zero-order valence-corrected chi connectivity index (χ0v) is 16.8. The van der Waals surface area contributed by atoms with Crippen LogP contribution in [0, 0.1) is 0 Å². The Labute approximate surface area is 179 Å². The third kappa shape index (κ3) is 6.04. The zero-order chi connectivity index (χ0) is 22.1. The first kappa shape index (κ1) is 21.3. The van der Waals surface area contributed by atoms with E-state index >= 15 is 0 Å². The molecule has 0 radical (unpaired) electrons. The van der Waals surface area contributed by atoms with Crippen molar-refractivity contribution in [2.45, 2.75) is 0 Å². The van der Waals surface area contributed by atoms with Crippen LogP contribution in [-0.4, -0.2) is 24.8 Å². The second-order valence-corrected chi connectivity index (χ2v) is 6.42. The molecule has 7 heteroatoms. The monoisotopic (exact) mass is 415 g/mol. The molecule has 0 spiro atoms. The van der Waals surface area contributed by atoms with Crippen molar-refractivity contribution >= 4 is 29.5 Å². The third-order valence-corrected chi connectivity index (χ3v) is 4.29. The van der Waals surface area contributed by atoms with Crippen LogP contribution in [0.15, 0.2) is 84.9 Å². The number of methoxy groups -OCH3 is 1. The highest BCUT2D eigenvalue weighted by Crippen LogP contribution is 2.18. The molecule has 0 unspecified atom stereocenters. The summed E-state index contributed by atoms with van der Waals surface area (Å²) < 4.78 is 5.21. The van der Waals surface area contributed by atoms with Gasteiger partial charge in [-0.25, -0.2) is 0 Å². The molecule has 0 heterocycles. The van der Waals surface area contributed by atoms with E-state index in [4.69, 9.17) is 4.74 Å². The maximum atomic E-state index is 12.2. The molecule has 31 heavy (non-hydrogen) atoms. The van der Waals surface area contributed by atoms with Gasteiger partial charge >= 0.3 is 0 Å². The first-order valence-electron chi connectivity index (χ1n) is 9.44. The lowest BCUT2D eigenvalue weighted by atomic mass is 10.1. The minimum absolute atomic E-state index is 0.244. The highest BCUT2D eigenvalue weighted by Gasteiger charge is 2.08. The normalized spacial score (nSPS) is 10.4. The van der Waals surface area contributed by atoms with Crippen LogP contribution in [0.3, 0.4) is 0 Å². The molecule has 3 N–H and O–H groups in total. The van der Waals surface area contributed by atoms with Gasteiger partial charge in [-0.1, -0.05) is 36.4 Å². The van der Waals surface area contributed by atoms with Crippen LogP contribution in [0.2, 0.25) is 0 Å². The van der Waals surface area contributed by atoms with Gasteiger partial charge in [-0.05, 0) is 48.5 Å². The van der Waals surface area contributed by atoms with E-state index in [-0.39, 0.29) is 5.91 Å². The molecule has 3 aromatic carbocycles. The number of rotatable bonds is 6. The Morgan fingerprint density at radius 2 is 1.39 bits per heavy atom. The standard InChI is InChI=1S/C24H21N3O4/c1-31-21-10-6-5-7-17(21)13-16-22(28)26-27-24(30)19-11-14-20(15-12-19)25-23(29)18-8-3-2-4-9-18/h2-16H,1H3,(H,25,29)(H,26,28)(H,27,30). The Bertz CT molecular complexity index is 1090. The van der Waals surface area contributed by atoms with Gasteiger partial charge in [0.25, 0.3) is 17.7 Å². The number of anilines is 1. The Kier molecular flexibility index (Phi) is 7.16. The number of nitrogens with one attached hydrogen (secondary N) is 3. The van der Waals surface area contributed by atoms with Gasteiger partial charge < -0.3 is 10.1 Å². The van der Waals surface area contributed by atoms with Crippen LogP contribution in [0.5, 0.6) is 5.75 Å². The van der Waals surface area contributed by atoms with Crippen LogP contribution < -0.4 is 20.9 Å². The predicted molar refractivity (Wildman–Crippen MR) is 118 cm³/mol. The van der Waals surface area contributed by atoms with E-state index in [2.05, 4.69) is 16.2 Å². The lowest BCUT2D eigenvalue weighted by molar-refractivity contribution is -0.117. The lowest BCUT2D eigenvalue weighted by Crippen LogP contribution is -2.40. The van der Waals surface area contributed by atoms with Crippen molar-refractivity contribution in [2.75, 3.05) is 12.4 Å². The molecular weight excluding hydrogens is 394 g/mol. The first-order chi connectivity index (χ1) is 15.1. The number of para-hydroxylation sites is 1. The van der Waals surface area contributed by atoms with Crippen LogP contribution in [0.1, 0.15) is 26.3 Å². The number of amides is 3. The molecule has 0 aliphatic rings. The van der Waals surface area contributed by atoms with Crippen LogP contribution >= 0.6 is 0 Å². The fourth-order valence-electron chi connectivity index (χ4n) is 2.70. The van der Waals surface area contributed by atoms with Gasteiger partial charge in [0.15, 0.2) is 0 Å². The summed E-state index contributed by atoms with van der Waals surface area (Å²) in [5, 5.41) is 2.76. The molecule has 3 amide bonds. The Hall–Kier alpha value is -4.39. The van der Waals surface area contributed by atoms with E-state index in [9.17, 15) is 14.4 Å². The second kappa shape index (κ2) is 10.4. The highest BCUT2D eigenvalue weighted by molar-refractivity contribution is 6.04. The number of hydrogen-bond donors (Lipinski definition) is 3. The number of carbonyl (C=O) groups is 3. The van der Waals surface area contributed by atoms with Crippen LogP contribution in [-0.2, 0) is 4.79 Å². The summed E-state index contributed by atoms with van der Waals surface area (Å²) in [7, 11) is 1.55. The van der Waals surface area contributed by atoms with Gasteiger partial charge in [-0.2, -0.15) is 0 Å². The molecule has 0 bridgehead atoms. The van der Waals surface area contributed by atoms with E-state index in [1.807, 2.05) is 18.2 Å². The maximum absolute atomic E-state index is 12.2. The van der Waals surface area contributed by atoms with E-state index in [1.54, 1.807) is 73.8 Å². The number of benzene rings is 3. The zero-order valence-electron chi connectivity index (χ0n) is 16.8. The van der Waals surface area contributed by atoms with Gasteiger partial charge in [-0.3, -0.25) is 25.2 Å². The van der Waals surface area contributed by atoms with E-state index < -0.39 is 11.8 Å². The largest absolute Gasteiger partial charge is 0.496 e. The summed E-state index contributed by atoms with van der Waals surface area (Å²) in [6, 6.07) is 22.4. The van der Waals surface area contributed by atoms with Gasteiger partial charge in [0.05, 0.1) is 7.11 Å². The molecule has 0 fully saturated rings. The molecule has 0 aliphatic heterocycles. The average molecular weight is 415 g/mol. The minimum Gasteiger partial charge on any atom is -0.496 e. The quantitative estimate of drug-likeness (QED) is 0.425. The van der Waals surface area contributed by atoms with Crippen molar-refractivity contribution in [1.29, 1.82) is 0 Å². The van der Waals surface area contributed by atoms with E-state index in [1.165, 1.54) is 6.08 Å². The Morgan fingerprint density at radius 3 is 2.10 bits per heavy atom. The molecule has 0 atom stereocenters. The van der Waals surface area contributed by atoms with Gasteiger partial charge in [0.1, 0.15) is 5.75 Å². The summed E-state index contributed by atoms with van der Waals surface area (Å²) in [5.41, 5.74) is 6.81. The summed E-state index contributed by atoms with van der Waals surface area (Å²) in [6.45, 7) is 0. The van der Waals surface area contributed by atoms with E-state index in [0.717, 1.165) is 5.56 Å². The van der Waals surface area contributed by atoms with E-state index in [0.29, 0.717) is 22.6 Å². The minimum atomic E-state index is -0.494. The number of hydrazine groups is 1. The molecule has 3 aromatic rings. The van der Waals surface area contributed by atoms with Crippen molar-refractivity contribution in [3.05, 3.63) is 102 Å². The van der Waals surface area contributed by atoms with Gasteiger partial charge in [0, 0.05) is 28.5 Å². The second-order valence-electron chi connectivity index (χ2n) is 6.42. The fourth-order valence-corrected chi connectivity index (χ4v) is 2.70. The van der Waals surface area contributed by atoms with Crippen molar-refractivity contribution in [2.24, 2.45) is 0 Å². The Balaban J connectivity index is 1.52. The fraction of sp³-hybridized carbons (Fsp3) is 0.0417. The SMILES string of the molecule is COc1ccccc1C=CC(=O)NNC(=O)c1ccc(NC(=O)c2ccccc2)cc1. The number of hydrogen-bond acceptors (Lipinski definition) is 4. The molecule has 3 rings (SSSR count). The van der Waals surface area contributed by atoms with Crippen molar-refractivity contribution in [3.63, 3.8) is 0 Å². The smallest absolute Gasteiger partial charge is 0.269 e. The summed E-state index contributed by atoms with van der Waals surface area (Å²) >= 11 is 0. The summed E-state index contributed by atoms with van der Waals surface area (Å²) in [6.07, 6.45) is 2.88. The average Bonchev–Trinajstić information content (AvgIpc) is 2.82. The summed E-state index contributed by atoms with van der Waals surface area (Å²) in [5.74, 6) is -0.590. The van der Waals surface area contributed by atoms with Gasteiger partial charge in [0.2, 0.25) is 0 Å². The lowest BCUT2D eigenvalue weighted by Gasteiger charge is -2.08. The first-order valence-corrected chi connectivity index (χ1v) is 9.44. The van der Waals surface area contributed by atoms with Crippen molar-refractivity contribution in [1.82, 2.24) is 10.9 Å². The van der Waals surface area contributed by atoms with Crippen molar-refractivity contribution < 1.29 is 19.1 Å². The number of ether oxygens (including phenoxy) is 1. The van der Waals surface area contributed by atoms with Gasteiger partial charge in [-0.15, -0.1) is 0 Å². The number of carbonyl (C=O) groups excluding carboxylic acids is 3. The topological polar surface area (TPSA) is 96.5 Å². The Morgan fingerprint density at radius 1 is 0.742 bits per heavy atom. The third-order valence-electron chi connectivity index (χ3n) is 4.29. The maximum Gasteiger partial charge on any atom is 0.269 e. The highest BCUT2D eigenvalue weighted by atomic mass is 16.5.